The second-order valence-corrected chi connectivity index (χ2v) is 11.3. The Bertz CT molecular complexity index is 1230. The van der Waals surface area contributed by atoms with Gasteiger partial charge in [-0.1, -0.05) is 19.9 Å². The van der Waals surface area contributed by atoms with E-state index in [2.05, 4.69) is 0 Å². The fourth-order valence-corrected chi connectivity index (χ4v) is 6.67. The maximum absolute atomic E-state index is 13.6. The van der Waals surface area contributed by atoms with Crippen molar-refractivity contribution in [1.82, 2.24) is 4.98 Å². The highest BCUT2D eigenvalue weighted by molar-refractivity contribution is 5.56. The number of benzene rings is 1. The molecule has 2 fully saturated rings. The van der Waals surface area contributed by atoms with Crippen molar-refractivity contribution in [2.24, 2.45) is 5.41 Å². The van der Waals surface area contributed by atoms with Crippen molar-refractivity contribution in [3.63, 3.8) is 0 Å². The van der Waals surface area contributed by atoms with E-state index in [4.69, 9.17) is 19.2 Å². The molecule has 4 aliphatic rings. The number of aliphatic hydroxyl groups is 2. The molecule has 9 heteroatoms. The summed E-state index contributed by atoms with van der Waals surface area (Å²) in [5, 5.41) is 22.8. The topological polar surface area (TPSA) is 81.0 Å². The third kappa shape index (κ3) is 3.72. The summed E-state index contributed by atoms with van der Waals surface area (Å²) >= 11 is 0. The number of rotatable bonds is 3. The summed E-state index contributed by atoms with van der Waals surface area (Å²) in [5.74, 6) is -0.316. The molecule has 3 atom stereocenters. The first-order chi connectivity index (χ1) is 17.5. The Balaban J connectivity index is 1.60. The Labute approximate surface area is 213 Å². The lowest BCUT2D eigenvalue weighted by Gasteiger charge is -2.40. The van der Waals surface area contributed by atoms with Crippen LogP contribution in [0.1, 0.15) is 109 Å². The van der Waals surface area contributed by atoms with Crippen molar-refractivity contribution in [2.75, 3.05) is 20.3 Å². The highest BCUT2D eigenvalue weighted by Gasteiger charge is 2.59. The SMILES string of the molecule is COc1cc([C@H]2OC3(CCOCC3)c3c4c(nc(C(C)C)c32)[C@H](O)C2(CC2)CC4O)ccc1C(F)(F)F. The van der Waals surface area contributed by atoms with Crippen molar-refractivity contribution in [1.29, 1.82) is 0 Å². The number of hydrogen-bond acceptors (Lipinski definition) is 6. The van der Waals surface area contributed by atoms with Crippen LogP contribution < -0.4 is 4.74 Å². The minimum absolute atomic E-state index is 0.0436. The second-order valence-electron chi connectivity index (χ2n) is 11.3. The zero-order valence-electron chi connectivity index (χ0n) is 21.2. The molecular formula is C28H32F3NO5. The highest BCUT2D eigenvalue weighted by atomic mass is 19.4. The van der Waals surface area contributed by atoms with Gasteiger partial charge in [0.2, 0.25) is 0 Å². The monoisotopic (exact) mass is 519 g/mol. The average Bonchev–Trinajstić information content (AvgIpc) is 3.57. The van der Waals surface area contributed by atoms with Crippen LogP contribution in [-0.4, -0.2) is 35.5 Å². The van der Waals surface area contributed by atoms with Crippen LogP contribution in [0.2, 0.25) is 0 Å². The van der Waals surface area contributed by atoms with Crippen molar-refractivity contribution in [3.8, 4) is 5.75 Å². The predicted octanol–water partition coefficient (Wildman–Crippen LogP) is 5.61. The minimum atomic E-state index is -4.55. The standard InChI is InChI=1S/C28H32F3NO5/c1-14(2)22-20-21(19-17(33)13-26(6-7-26)25(34)23(19)32-22)27(8-10-36-11-9-27)37-24(20)15-4-5-16(28(29,30)31)18(12-15)35-3/h4-5,12,14,17,24-25,33-34H,6-11,13H2,1-3H3/t17?,24-,25+/m1/s1. The number of methoxy groups -OCH3 is 1. The molecule has 37 heavy (non-hydrogen) atoms. The molecule has 0 amide bonds. The van der Waals surface area contributed by atoms with E-state index in [-0.39, 0.29) is 17.1 Å². The van der Waals surface area contributed by atoms with Crippen molar-refractivity contribution in [3.05, 3.63) is 57.4 Å². The zero-order valence-corrected chi connectivity index (χ0v) is 21.2. The Morgan fingerprint density at radius 2 is 1.78 bits per heavy atom. The van der Waals surface area contributed by atoms with Crippen LogP contribution >= 0.6 is 0 Å². The summed E-state index contributed by atoms with van der Waals surface area (Å²) in [6.45, 7) is 4.93. The molecule has 1 saturated heterocycles. The average molecular weight is 520 g/mol. The van der Waals surface area contributed by atoms with E-state index in [1.165, 1.54) is 19.2 Å². The first kappa shape index (κ1) is 25.1. The lowest BCUT2D eigenvalue weighted by Crippen LogP contribution is -2.37. The number of nitrogens with zero attached hydrogens (tertiary/aromatic N) is 1. The third-order valence-electron chi connectivity index (χ3n) is 8.74. The predicted molar refractivity (Wildman–Crippen MR) is 127 cm³/mol. The molecule has 1 aromatic heterocycles. The molecule has 2 aliphatic carbocycles. The number of pyridine rings is 1. The quantitative estimate of drug-likeness (QED) is 0.549. The van der Waals surface area contributed by atoms with Gasteiger partial charge in [-0.2, -0.15) is 13.2 Å². The molecule has 2 aliphatic heterocycles. The maximum Gasteiger partial charge on any atom is 0.419 e. The molecule has 1 saturated carbocycles. The molecule has 0 radical (unpaired) electrons. The lowest BCUT2D eigenvalue weighted by molar-refractivity contribution is -0.139. The number of aromatic nitrogens is 1. The van der Waals surface area contributed by atoms with E-state index < -0.39 is 35.7 Å². The van der Waals surface area contributed by atoms with Crippen molar-refractivity contribution >= 4 is 0 Å². The van der Waals surface area contributed by atoms with E-state index in [1.807, 2.05) is 13.8 Å². The van der Waals surface area contributed by atoms with Gasteiger partial charge in [-0.3, -0.25) is 4.98 Å². The smallest absolute Gasteiger partial charge is 0.419 e. The van der Waals surface area contributed by atoms with Crippen LogP contribution in [0.4, 0.5) is 13.2 Å². The number of ether oxygens (including phenoxy) is 3. The van der Waals surface area contributed by atoms with E-state index in [1.54, 1.807) is 0 Å². The molecule has 2 N–H and O–H groups in total. The molecule has 2 aromatic rings. The summed E-state index contributed by atoms with van der Waals surface area (Å²) in [7, 11) is 1.22. The molecule has 6 rings (SSSR count). The molecule has 0 bridgehead atoms. The summed E-state index contributed by atoms with van der Waals surface area (Å²) in [6, 6.07) is 3.86. The van der Waals surface area contributed by atoms with Gasteiger partial charge in [-0.15, -0.1) is 0 Å². The van der Waals surface area contributed by atoms with E-state index in [0.29, 0.717) is 49.3 Å². The van der Waals surface area contributed by atoms with E-state index in [9.17, 15) is 23.4 Å². The first-order valence-electron chi connectivity index (χ1n) is 13.0. The number of aliphatic hydroxyl groups excluding tert-OH is 2. The molecule has 2 spiro atoms. The van der Waals surface area contributed by atoms with Gasteiger partial charge in [0.1, 0.15) is 18.0 Å². The van der Waals surface area contributed by atoms with Gasteiger partial charge in [0.15, 0.2) is 0 Å². The summed E-state index contributed by atoms with van der Waals surface area (Å²) in [5.41, 5.74) is 2.09. The normalized spacial score (nSPS) is 27.4. The summed E-state index contributed by atoms with van der Waals surface area (Å²) in [4.78, 5) is 4.97. The van der Waals surface area contributed by atoms with Gasteiger partial charge in [-0.25, -0.2) is 0 Å². The van der Waals surface area contributed by atoms with Crippen LogP contribution in [0.25, 0.3) is 0 Å². The summed E-state index contributed by atoms with van der Waals surface area (Å²) in [6.07, 6.45) is -3.57. The van der Waals surface area contributed by atoms with Crippen LogP contribution in [0.5, 0.6) is 5.75 Å². The van der Waals surface area contributed by atoms with Gasteiger partial charge in [0.25, 0.3) is 0 Å². The first-order valence-corrected chi connectivity index (χ1v) is 13.0. The Morgan fingerprint density at radius 1 is 1.08 bits per heavy atom. The van der Waals surface area contributed by atoms with Crippen LogP contribution in [0.3, 0.4) is 0 Å². The van der Waals surface area contributed by atoms with Crippen LogP contribution in [0.15, 0.2) is 18.2 Å². The largest absolute Gasteiger partial charge is 0.496 e. The van der Waals surface area contributed by atoms with E-state index >= 15 is 0 Å². The van der Waals surface area contributed by atoms with Crippen molar-refractivity contribution in [2.45, 2.75) is 82.0 Å². The maximum atomic E-state index is 13.6. The zero-order chi connectivity index (χ0) is 26.3. The van der Waals surface area contributed by atoms with Gasteiger partial charge in [0.05, 0.1) is 30.1 Å². The molecular weight excluding hydrogens is 487 g/mol. The molecule has 1 unspecified atom stereocenters. The second kappa shape index (κ2) is 8.40. The van der Waals surface area contributed by atoms with Gasteiger partial charge in [0, 0.05) is 48.3 Å². The fourth-order valence-electron chi connectivity index (χ4n) is 6.67. The number of alkyl halides is 3. The molecule has 3 heterocycles. The molecule has 1 aromatic carbocycles. The molecule has 6 nitrogen and oxygen atoms in total. The Kier molecular flexibility index (Phi) is 5.70. The van der Waals surface area contributed by atoms with Gasteiger partial charge >= 0.3 is 6.18 Å². The minimum Gasteiger partial charge on any atom is -0.496 e. The lowest BCUT2D eigenvalue weighted by atomic mass is 9.72. The van der Waals surface area contributed by atoms with Crippen LogP contribution in [0, 0.1) is 5.41 Å². The summed E-state index contributed by atoms with van der Waals surface area (Å²) < 4.78 is 58.4. The van der Waals surface area contributed by atoms with Crippen LogP contribution in [-0.2, 0) is 21.3 Å². The van der Waals surface area contributed by atoms with Gasteiger partial charge < -0.3 is 24.4 Å². The van der Waals surface area contributed by atoms with Gasteiger partial charge in [-0.05, 0) is 48.4 Å². The van der Waals surface area contributed by atoms with E-state index in [0.717, 1.165) is 35.7 Å². The number of hydrogen-bond donors (Lipinski definition) is 2. The highest BCUT2D eigenvalue weighted by Crippen LogP contribution is 2.66. The fraction of sp³-hybridized carbons (Fsp3) is 0.607. The van der Waals surface area contributed by atoms with Crippen molar-refractivity contribution < 1.29 is 37.6 Å². The third-order valence-corrected chi connectivity index (χ3v) is 8.74. The molecule has 200 valence electrons. The Hall–Kier alpha value is -2.20. The number of halogens is 3. The Morgan fingerprint density at radius 3 is 2.38 bits per heavy atom. The number of fused-ring (bicyclic) bond motifs is 4.